The summed E-state index contributed by atoms with van der Waals surface area (Å²) in [5, 5.41) is 3.54. The molecule has 1 heterocycles. The fourth-order valence-electron chi connectivity index (χ4n) is 2.85. The molecular formula is C19H21ClN2O. The number of nitrogens with zero attached hydrogens (tertiary/aromatic N) is 1. The van der Waals surface area contributed by atoms with Crippen molar-refractivity contribution in [3.05, 3.63) is 58.6 Å². The Morgan fingerprint density at radius 1 is 1.04 bits per heavy atom. The standard InChI is InChI=1S/C19H21ClN2O/c1-14-5-8-16(13-18(14)20)21-19(23)15-6-9-17(10-7-15)22-11-3-2-4-12-22/h5-10,13H,2-4,11-12H2,1H3,(H,21,23). The van der Waals surface area contributed by atoms with Gasteiger partial charge in [-0.05, 0) is 68.1 Å². The highest BCUT2D eigenvalue weighted by molar-refractivity contribution is 6.31. The number of aryl methyl sites for hydroxylation is 1. The van der Waals surface area contributed by atoms with Crippen molar-refractivity contribution in [2.75, 3.05) is 23.3 Å². The molecule has 4 heteroatoms. The Hall–Kier alpha value is -2.00. The molecule has 3 rings (SSSR count). The van der Waals surface area contributed by atoms with E-state index in [-0.39, 0.29) is 5.91 Å². The number of benzene rings is 2. The highest BCUT2D eigenvalue weighted by Gasteiger charge is 2.12. The first-order valence-electron chi connectivity index (χ1n) is 8.06. The van der Waals surface area contributed by atoms with Crippen LogP contribution in [0.5, 0.6) is 0 Å². The predicted octanol–water partition coefficient (Wildman–Crippen LogP) is 4.89. The van der Waals surface area contributed by atoms with Crippen LogP contribution in [0.4, 0.5) is 11.4 Å². The van der Waals surface area contributed by atoms with Gasteiger partial charge in [-0.15, -0.1) is 0 Å². The van der Waals surface area contributed by atoms with Gasteiger partial charge in [0.1, 0.15) is 0 Å². The molecule has 1 aliphatic heterocycles. The Labute approximate surface area is 142 Å². The van der Waals surface area contributed by atoms with Crippen molar-refractivity contribution in [3.8, 4) is 0 Å². The molecule has 0 radical (unpaired) electrons. The van der Waals surface area contributed by atoms with Gasteiger partial charge in [-0.25, -0.2) is 0 Å². The van der Waals surface area contributed by atoms with Crippen molar-refractivity contribution in [2.45, 2.75) is 26.2 Å². The fraction of sp³-hybridized carbons (Fsp3) is 0.316. The number of carbonyl (C=O) groups excluding carboxylic acids is 1. The first-order valence-corrected chi connectivity index (χ1v) is 8.44. The molecule has 0 bridgehead atoms. The molecule has 120 valence electrons. The van der Waals surface area contributed by atoms with E-state index in [0.717, 1.165) is 18.7 Å². The predicted molar refractivity (Wildman–Crippen MR) is 96.6 cm³/mol. The van der Waals surface area contributed by atoms with Crippen LogP contribution in [0.15, 0.2) is 42.5 Å². The molecule has 1 fully saturated rings. The summed E-state index contributed by atoms with van der Waals surface area (Å²) in [6, 6.07) is 13.4. The third-order valence-corrected chi connectivity index (χ3v) is 4.69. The monoisotopic (exact) mass is 328 g/mol. The number of carbonyl (C=O) groups is 1. The first-order chi connectivity index (χ1) is 11.1. The van der Waals surface area contributed by atoms with Crippen LogP contribution in [0.1, 0.15) is 35.2 Å². The van der Waals surface area contributed by atoms with Crippen molar-refractivity contribution in [1.82, 2.24) is 0 Å². The molecule has 1 amide bonds. The molecule has 1 saturated heterocycles. The summed E-state index contributed by atoms with van der Waals surface area (Å²) in [5.41, 5.74) is 3.56. The van der Waals surface area contributed by atoms with Gasteiger partial charge in [0.05, 0.1) is 0 Å². The quantitative estimate of drug-likeness (QED) is 0.870. The van der Waals surface area contributed by atoms with Gasteiger partial charge >= 0.3 is 0 Å². The maximum atomic E-state index is 12.3. The molecule has 2 aromatic carbocycles. The number of amides is 1. The van der Waals surface area contributed by atoms with Gasteiger partial charge in [0, 0.05) is 35.1 Å². The lowest BCUT2D eigenvalue weighted by Gasteiger charge is -2.28. The van der Waals surface area contributed by atoms with E-state index < -0.39 is 0 Å². The summed E-state index contributed by atoms with van der Waals surface area (Å²) in [6.07, 6.45) is 3.81. The van der Waals surface area contributed by atoms with Crippen LogP contribution in [0.2, 0.25) is 5.02 Å². The highest BCUT2D eigenvalue weighted by atomic mass is 35.5. The minimum Gasteiger partial charge on any atom is -0.372 e. The maximum absolute atomic E-state index is 12.3. The zero-order chi connectivity index (χ0) is 16.2. The minimum atomic E-state index is -0.116. The van der Waals surface area contributed by atoms with E-state index in [0.29, 0.717) is 16.3 Å². The molecule has 23 heavy (non-hydrogen) atoms. The second kappa shape index (κ2) is 7.05. The van der Waals surface area contributed by atoms with Gasteiger partial charge in [-0.2, -0.15) is 0 Å². The summed E-state index contributed by atoms with van der Waals surface area (Å²) >= 11 is 6.09. The van der Waals surface area contributed by atoms with Crippen molar-refractivity contribution < 1.29 is 4.79 Å². The molecule has 2 aromatic rings. The van der Waals surface area contributed by atoms with Crippen molar-refractivity contribution >= 4 is 28.9 Å². The van der Waals surface area contributed by atoms with E-state index in [1.54, 1.807) is 6.07 Å². The van der Waals surface area contributed by atoms with Gasteiger partial charge in [0.15, 0.2) is 0 Å². The number of rotatable bonds is 3. The Morgan fingerprint density at radius 3 is 2.39 bits per heavy atom. The molecule has 0 aliphatic carbocycles. The Kier molecular flexibility index (Phi) is 4.87. The van der Waals surface area contributed by atoms with E-state index in [1.165, 1.54) is 24.9 Å². The summed E-state index contributed by atoms with van der Waals surface area (Å²) in [5.74, 6) is -0.116. The lowest BCUT2D eigenvalue weighted by Crippen LogP contribution is -2.29. The van der Waals surface area contributed by atoms with Crippen LogP contribution in [-0.4, -0.2) is 19.0 Å². The van der Waals surface area contributed by atoms with Crippen LogP contribution >= 0.6 is 11.6 Å². The zero-order valence-electron chi connectivity index (χ0n) is 13.3. The third kappa shape index (κ3) is 3.85. The van der Waals surface area contributed by atoms with Crippen LogP contribution in [0.25, 0.3) is 0 Å². The van der Waals surface area contributed by atoms with Gasteiger partial charge in [0.25, 0.3) is 5.91 Å². The number of hydrogen-bond donors (Lipinski definition) is 1. The number of anilines is 2. The molecule has 0 spiro atoms. The average Bonchev–Trinajstić information content (AvgIpc) is 2.59. The largest absolute Gasteiger partial charge is 0.372 e. The molecule has 1 aliphatic rings. The van der Waals surface area contributed by atoms with Gasteiger partial charge in [0.2, 0.25) is 0 Å². The van der Waals surface area contributed by atoms with Crippen LogP contribution in [-0.2, 0) is 0 Å². The summed E-state index contributed by atoms with van der Waals surface area (Å²) in [4.78, 5) is 14.7. The maximum Gasteiger partial charge on any atom is 0.255 e. The fourth-order valence-corrected chi connectivity index (χ4v) is 3.03. The third-order valence-electron chi connectivity index (χ3n) is 4.28. The summed E-state index contributed by atoms with van der Waals surface area (Å²) in [7, 11) is 0. The normalized spacial score (nSPS) is 14.6. The Morgan fingerprint density at radius 2 is 1.74 bits per heavy atom. The molecule has 0 atom stereocenters. The second-order valence-corrected chi connectivity index (χ2v) is 6.42. The second-order valence-electron chi connectivity index (χ2n) is 6.01. The molecule has 0 unspecified atom stereocenters. The van der Waals surface area contributed by atoms with Crippen molar-refractivity contribution in [3.63, 3.8) is 0 Å². The van der Waals surface area contributed by atoms with Crippen LogP contribution < -0.4 is 10.2 Å². The van der Waals surface area contributed by atoms with Crippen LogP contribution in [0, 0.1) is 6.92 Å². The molecular weight excluding hydrogens is 308 g/mol. The lowest BCUT2D eigenvalue weighted by molar-refractivity contribution is 0.102. The average molecular weight is 329 g/mol. The minimum absolute atomic E-state index is 0.116. The smallest absolute Gasteiger partial charge is 0.255 e. The van der Waals surface area contributed by atoms with E-state index >= 15 is 0 Å². The topological polar surface area (TPSA) is 32.3 Å². The van der Waals surface area contributed by atoms with E-state index in [1.807, 2.05) is 43.3 Å². The lowest BCUT2D eigenvalue weighted by atomic mass is 10.1. The zero-order valence-corrected chi connectivity index (χ0v) is 14.1. The first kappa shape index (κ1) is 15.9. The molecule has 3 nitrogen and oxygen atoms in total. The Bertz CT molecular complexity index is 691. The van der Waals surface area contributed by atoms with Gasteiger partial charge < -0.3 is 10.2 Å². The van der Waals surface area contributed by atoms with Gasteiger partial charge in [-0.3, -0.25) is 4.79 Å². The molecule has 0 saturated carbocycles. The molecule has 0 aromatic heterocycles. The van der Waals surface area contributed by atoms with E-state index in [9.17, 15) is 4.79 Å². The summed E-state index contributed by atoms with van der Waals surface area (Å²) < 4.78 is 0. The van der Waals surface area contributed by atoms with Gasteiger partial charge in [-0.1, -0.05) is 17.7 Å². The number of piperidine rings is 1. The number of hydrogen-bond acceptors (Lipinski definition) is 2. The summed E-state index contributed by atoms with van der Waals surface area (Å²) in [6.45, 7) is 4.15. The number of halogens is 1. The van der Waals surface area contributed by atoms with E-state index in [4.69, 9.17) is 11.6 Å². The van der Waals surface area contributed by atoms with Crippen LogP contribution in [0.3, 0.4) is 0 Å². The SMILES string of the molecule is Cc1ccc(NC(=O)c2ccc(N3CCCCC3)cc2)cc1Cl. The van der Waals surface area contributed by atoms with Crippen molar-refractivity contribution in [1.29, 1.82) is 0 Å². The van der Waals surface area contributed by atoms with Crippen molar-refractivity contribution in [2.24, 2.45) is 0 Å². The Balaban J connectivity index is 1.68. The number of nitrogens with one attached hydrogen (secondary N) is 1. The van der Waals surface area contributed by atoms with E-state index in [2.05, 4.69) is 10.2 Å². The highest BCUT2D eigenvalue weighted by Crippen LogP contribution is 2.22. The molecule has 1 N–H and O–H groups in total.